The highest BCUT2D eigenvalue weighted by molar-refractivity contribution is 5.56. The van der Waals surface area contributed by atoms with Crippen molar-refractivity contribution < 1.29 is 5.11 Å². The van der Waals surface area contributed by atoms with Gasteiger partial charge in [0.1, 0.15) is 0 Å². The molecule has 1 aromatic heterocycles. The van der Waals surface area contributed by atoms with E-state index in [0.717, 1.165) is 38.4 Å². The molecule has 0 saturated carbocycles. The third-order valence-corrected chi connectivity index (χ3v) is 4.99. The first-order valence-corrected chi connectivity index (χ1v) is 8.38. The Bertz CT molecular complexity index is 790. The zero-order valence-corrected chi connectivity index (χ0v) is 14.6. The van der Waals surface area contributed by atoms with Crippen LogP contribution < -0.4 is 10.3 Å². The van der Waals surface area contributed by atoms with Gasteiger partial charge in [0.05, 0.1) is 0 Å². The van der Waals surface area contributed by atoms with Gasteiger partial charge in [-0.05, 0) is 31.0 Å². The number of pyridine rings is 1. The second-order valence-corrected chi connectivity index (χ2v) is 6.61. The normalized spacial score (nSPS) is 15.7. The predicted octanol–water partition coefficient (Wildman–Crippen LogP) is 2.03. The van der Waals surface area contributed by atoms with E-state index in [4.69, 9.17) is 0 Å². The summed E-state index contributed by atoms with van der Waals surface area (Å²) in [5.74, 6) is -0.194. The van der Waals surface area contributed by atoms with Gasteiger partial charge in [-0.3, -0.25) is 9.69 Å². The number of aromatic hydroxyl groups is 1. The summed E-state index contributed by atoms with van der Waals surface area (Å²) in [6, 6.07) is 8.00. The summed E-state index contributed by atoms with van der Waals surface area (Å²) in [5, 5.41) is 9.49. The monoisotopic (exact) mass is 327 g/mol. The number of aryl methyl sites for hydroxylation is 2. The first kappa shape index (κ1) is 16.6. The Morgan fingerprint density at radius 3 is 2.54 bits per heavy atom. The minimum Gasteiger partial charge on any atom is -0.503 e. The molecule has 1 fully saturated rings. The molecule has 2 aromatic rings. The van der Waals surface area contributed by atoms with Gasteiger partial charge in [-0.2, -0.15) is 0 Å². The van der Waals surface area contributed by atoms with Gasteiger partial charge in [0.2, 0.25) is 5.43 Å². The van der Waals surface area contributed by atoms with Crippen molar-refractivity contribution in [1.29, 1.82) is 0 Å². The Labute approximate surface area is 142 Å². The molecule has 0 radical (unpaired) electrons. The van der Waals surface area contributed by atoms with Gasteiger partial charge in [0.15, 0.2) is 5.75 Å². The van der Waals surface area contributed by atoms with Crippen molar-refractivity contribution in [3.63, 3.8) is 0 Å². The molecule has 1 aliphatic heterocycles. The van der Waals surface area contributed by atoms with Crippen LogP contribution in [0.25, 0.3) is 0 Å². The van der Waals surface area contributed by atoms with Gasteiger partial charge < -0.3 is 14.6 Å². The van der Waals surface area contributed by atoms with E-state index in [9.17, 15) is 9.90 Å². The van der Waals surface area contributed by atoms with Gasteiger partial charge in [0.25, 0.3) is 0 Å². The first-order valence-electron chi connectivity index (χ1n) is 8.38. The van der Waals surface area contributed by atoms with Gasteiger partial charge in [-0.25, -0.2) is 0 Å². The third kappa shape index (κ3) is 3.31. The van der Waals surface area contributed by atoms with Crippen molar-refractivity contribution >= 4 is 5.69 Å². The van der Waals surface area contributed by atoms with Crippen molar-refractivity contribution in [3.05, 3.63) is 57.5 Å². The molecule has 0 amide bonds. The Hall–Kier alpha value is -2.27. The maximum absolute atomic E-state index is 11.7. The maximum Gasteiger partial charge on any atom is 0.223 e. The molecule has 0 spiro atoms. The molecule has 2 heterocycles. The SMILES string of the molecule is Cc1cccc(N2CCN(Cc3cc(=O)c(O)cn3C)CC2)c1C. The first-order chi connectivity index (χ1) is 11.5. The van der Waals surface area contributed by atoms with Crippen LogP contribution in [0.4, 0.5) is 5.69 Å². The number of anilines is 1. The molecule has 128 valence electrons. The fourth-order valence-electron chi connectivity index (χ4n) is 3.27. The molecule has 0 bridgehead atoms. The molecule has 3 rings (SSSR count). The predicted molar refractivity (Wildman–Crippen MR) is 96.8 cm³/mol. The lowest BCUT2D eigenvalue weighted by Gasteiger charge is -2.37. The Kier molecular flexibility index (Phi) is 4.62. The highest BCUT2D eigenvalue weighted by Crippen LogP contribution is 2.24. The second-order valence-electron chi connectivity index (χ2n) is 6.61. The van der Waals surface area contributed by atoms with Crippen molar-refractivity contribution in [2.75, 3.05) is 31.1 Å². The molecule has 5 heteroatoms. The Morgan fingerprint density at radius 2 is 1.83 bits per heavy atom. The van der Waals surface area contributed by atoms with Gasteiger partial charge >= 0.3 is 0 Å². The van der Waals surface area contributed by atoms with Gasteiger partial charge in [0, 0.05) is 63.4 Å². The molecule has 1 aliphatic rings. The molecular weight excluding hydrogens is 302 g/mol. The molecule has 0 atom stereocenters. The van der Waals surface area contributed by atoms with Crippen molar-refractivity contribution in [2.45, 2.75) is 20.4 Å². The fraction of sp³-hybridized carbons (Fsp3) is 0.421. The number of hydrogen-bond donors (Lipinski definition) is 1. The molecule has 24 heavy (non-hydrogen) atoms. The van der Waals surface area contributed by atoms with Crippen LogP contribution in [-0.4, -0.2) is 40.8 Å². The fourth-order valence-corrected chi connectivity index (χ4v) is 3.27. The zero-order valence-electron chi connectivity index (χ0n) is 14.6. The minimum absolute atomic E-state index is 0.194. The molecule has 0 unspecified atom stereocenters. The van der Waals surface area contributed by atoms with Crippen LogP contribution in [0.2, 0.25) is 0 Å². The zero-order chi connectivity index (χ0) is 17.3. The van der Waals surface area contributed by atoms with Crippen molar-refractivity contribution in [2.24, 2.45) is 7.05 Å². The minimum atomic E-state index is -0.308. The lowest BCUT2D eigenvalue weighted by atomic mass is 10.1. The summed E-state index contributed by atoms with van der Waals surface area (Å²) >= 11 is 0. The number of piperazine rings is 1. The van der Waals surface area contributed by atoms with Crippen LogP contribution in [0.5, 0.6) is 5.75 Å². The lowest BCUT2D eigenvalue weighted by Crippen LogP contribution is -2.46. The van der Waals surface area contributed by atoms with Crippen molar-refractivity contribution in [3.8, 4) is 5.75 Å². The third-order valence-electron chi connectivity index (χ3n) is 4.99. The molecule has 1 N–H and O–H groups in total. The number of benzene rings is 1. The van der Waals surface area contributed by atoms with E-state index in [2.05, 4.69) is 41.8 Å². The molecule has 0 aliphatic carbocycles. The largest absolute Gasteiger partial charge is 0.503 e. The number of nitrogens with zero attached hydrogens (tertiary/aromatic N) is 3. The van der Waals surface area contributed by atoms with E-state index in [1.165, 1.54) is 29.1 Å². The maximum atomic E-state index is 11.7. The van der Waals surface area contributed by atoms with E-state index in [0.29, 0.717) is 0 Å². The summed E-state index contributed by atoms with van der Waals surface area (Å²) in [6.07, 6.45) is 1.49. The van der Waals surface area contributed by atoms with E-state index in [-0.39, 0.29) is 11.2 Å². The number of hydrogen-bond acceptors (Lipinski definition) is 4. The topological polar surface area (TPSA) is 48.7 Å². The van der Waals surface area contributed by atoms with Gasteiger partial charge in [-0.15, -0.1) is 0 Å². The van der Waals surface area contributed by atoms with Crippen LogP contribution in [0.3, 0.4) is 0 Å². The summed E-state index contributed by atoms with van der Waals surface area (Å²) in [4.78, 5) is 16.4. The second kappa shape index (κ2) is 6.69. The average Bonchev–Trinajstić information content (AvgIpc) is 2.56. The Morgan fingerprint density at radius 1 is 1.12 bits per heavy atom. The van der Waals surface area contributed by atoms with E-state index in [1.54, 1.807) is 0 Å². The highest BCUT2D eigenvalue weighted by atomic mass is 16.3. The summed E-state index contributed by atoms with van der Waals surface area (Å²) in [6.45, 7) is 8.95. The van der Waals surface area contributed by atoms with Crippen molar-refractivity contribution in [1.82, 2.24) is 9.47 Å². The summed E-state index contributed by atoms with van der Waals surface area (Å²) in [7, 11) is 1.86. The number of rotatable bonds is 3. The van der Waals surface area contributed by atoms with Crippen LogP contribution in [-0.2, 0) is 13.6 Å². The molecular formula is C19H25N3O2. The van der Waals surface area contributed by atoms with Crippen LogP contribution in [0.1, 0.15) is 16.8 Å². The van der Waals surface area contributed by atoms with Crippen LogP contribution >= 0.6 is 0 Å². The quantitative estimate of drug-likeness (QED) is 0.937. The highest BCUT2D eigenvalue weighted by Gasteiger charge is 2.19. The average molecular weight is 327 g/mol. The van der Waals surface area contributed by atoms with Crippen LogP contribution in [0, 0.1) is 13.8 Å². The Balaban J connectivity index is 1.66. The molecule has 1 aromatic carbocycles. The van der Waals surface area contributed by atoms with E-state index < -0.39 is 0 Å². The summed E-state index contributed by atoms with van der Waals surface area (Å²) in [5.41, 5.74) is 4.63. The smallest absolute Gasteiger partial charge is 0.223 e. The van der Waals surface area contributed by atoms with E-state index >= 15 is 0 Å². The molecule has 1 saturated heterocycles. The van der Waals surface area contributed by atoms with Gasteiger partial charge in [-0.1, -0.05) is 12.1 Å². The molecule has 5 nitrogen and oxygen atoms in total. The lowest BCUT2D eigenvalue weighted by molar-refractivity contribution is 0.244. The number of aromatic nitrogens is 1. The van der Waals surface area contributed by atoms with Crippen LogP contribution in [0.15, 0.2) is 35.3 Å². The van der Waals surface area contributed by atoms with E-state index in [1.807, 2.05) is 11.6 Å². The summed E-state index contributed by atoms with van der Waals surface area (Å²) < 4.78 is 1.83. The standard InChI is InChI=1S/C19H25N3O2/c1-14-5-4-6-17(15(14)2)22-9-7-21(8-10-22)12-16-11-18(23)19(24)13-20(16)3/h4-6,11,13,24H,7-10,12H2,1-3H3.